The standard InChI is InChI=1S/C13H9BrFNO/c14-11-6-10(7-16-8-11)13(17)5-9-2-1-3-12(15)4-9/h1-4,6-8H,5H2. The maximum absolute atomic E-state index is 13.0. The Kier molecular flexibility index (Phi) is 3.64. The minimum absolute atomic E-state index is 0.0793. The van der Waals surface area contributed by atoms with Crippen LogP contribution in [0.5, 0.6) is 0 Å². The minimum Gasteiger partial charge on any atom is -0.294 e. The molecule has 0 unspecified atom stereocenters. The van der Waals surface area contributed by atoms with Crippen molar-refractivity contribution in [3.8, 4) is 0 Å². The first-order valence-electron chi connectivity index (χ1n) is 5.03. The van der Waals surface area contributed by atoms with Gasteiger partial charge in [-0.25, -0.2) is 4.39 Å². The maximum atomic E-state index is 13.0. The average Bonchev–Trinajstić information content (AvgIpc) is 2.29. The number of nitrogens with zero attached hydrogens (tertiary/aromatic N) is 1. The van der Waals surface area contributed by atoms with Crippen LogP contribution in [0.2, 0.25) is 0 Å². The van der Waals surface area contributed by atoms with Crippen molar-refractivity contribution in [3.63, 3.8) is 0 Å². The number of halogens is 2. The predicted molar refractivity (Wildman–Crippen MR) is 66.4 cm³/mol. The number of carbonyl (C=O) groups excluding carboxylic acids is 1. The molecule has 0 aliphatic carbocycles. The van der Waals surface area contributed by atoms with E-state index in [4.69, 9.17) is 0 Å². The van der Waals surface area contributed by atoms with E-state index in [1.54, 1.807) is 24.4 Å². The molecule has 2 nitrogen and oxygen atoms in total. The number of carbonyl (C=O) groups is 1. The summed E-state index contributed by atoms with van der Waals surface area (Å²) in [7, 11) is 0. The summed E-state index contributed by atoms with van der Waals surface area (Å²) in [5.74, 6) is -0.410. The van der Waals surface area contributed by atoms with Crippen LogP contribution in [0.15, 0.2) is 47.2 Å². The molecule has 0 atom stereocenters. The molecule has 1 aromatic carbocycles. The first-order valence-corrected chi connectivity index (χ1v) is 5.82. The largest absolute Gasteiger partial charge is 0.294 e. The van der Waals surface area contributed by atoms with Crippen LogP contribution < -0.4 is 0 Å². The molecule has 0 fully saturated rings. The first kappa shape index (κ1) is 11.9. The number of aromatic nitrogens is 1. The van der Waals surface area contributed by atoms with Crippen LogP contribution in [0.1, 0.15) is 15.9 Å². The number of Topliss-reactive ketones (excluding diaryl/α,β-unsaturated/α-hetero) is 1. The number of pyridine rings is 1. The van der Waals surface area contributed by atoms with Crippen molar-refractivity contribution in [1.29, 1.82) is 0 Å². The highest BCUT2D eigenvalue weighted by atomic mass is 79.9. The Hall–Kier alpha value is -1.55. The van der Waals surface area contributed by atoms with E-state index >= 15 is 0 Å². The molecular formula is C13H9BrFNO. The Morgan fingerprint density at radius 1 is 1.29 bits per heavy atom. The van der Waals surface area contributed by atoms with Crippen LogP contribution in [0, 0.1) is 5.82 Å². The van der Waals surface area contributed by atoms with E-state index in [0.717, 1.165) is 4.47 Å². The van der Waals surface area contributed by atoms with Gasteiger partial charge >= 0.3 is 0 Å². The molecule has 0 amide bonds. The van der Waals surface area contributed by atoms with Gasteiger partial charge in [-0.2, -0.15) is 0 Å². The lowest BCUT2D eigenvalue weighted by Gasteiger charge is -2.02. The summed E-state index contributed by atoms with van der Waals surface area (Å²) in [5, 5.41) is 0. The summed E-state index contributed by atoms with van der Waals surface area (Å²) in [6.45, 7) is 0. The van der Waals surface area contributed by atoms with Crippen molar-refractivity contribution < 1.29 is 9.18 Å². The normalized spacial score (nSPS) is 10.2. The highest BCUT2D eigenvalue weighted by Crippen LogP contribution is 2.13. The maximum Gasteiger partial charge on any atom is 0.168 e. The van der Waals surface area contributed by atoms with Gasteiger partial charge in [-0.1, -0.05) is 12.1 Å². The van der Waals surface area contributed by atoms with Gasteiger partial charge in [0.25, 0.3) is 0 Å². The smallest absolute Gasteiger partial charge is 0.168 e. The Bertz CT molecular complexity index is 557. The van der Waals surface area contributed by atoms with Crippen LogP contribution in [0.4, 0.5) is 4.39 Å². The van der Waals surface area contributed by atoms with Crippen molar-refractivity contribution >= 4 is 21.7 Å². The number of hydrogen-bond acceptors (Lipinski definition) is 2. The monoisotopic (exact) mass is 293 g/mol. The van der Waals surface area contributed by atoms with Crippen LogP contribution in [0.3, 0.4) is 0 Å². The molecule has 4 heteroatoms. The number of hydrogen-bond donors (Lipinski definition) is 0. The average molecular weight is 294 g/mol. The third-order valence-electron chi connectivity index (χ3n) is 2.28. The lowest BCUT2D eigenvalue weighted by molar-refractivity contribution is 0.0992. The summed E-state index contributed by atoms with van der Waals surface area (Å²) in [5.41, 5.74) is 1.18. The second-order valence-electron chi connectivity index (χ2n) is 3.62. The summed E-state index contributed by atoms with van der Waals surface area (Å²) in [6.07, 6.45) is 3.29. The molecule has 86 valence electrons. The van der Waals surface area contributed by atoms with Crippen LogP contribution in [0.25, 0.3) is 0 Å². The minimum atomic E-state index is -0.331. The fraction of sp³-hybridized carbons (Fsp3) is 0.0769. The van der Waals surface area contributed by atoms with E-state index in [1.165, 1.54) is 18.3 Å². The zero-order valence-electron chi connectivity index (χ0n) is 8.86. The lowest BCUT2D eigenvalue weighted by Crippen LogP contribution is -2.04. The molecule has 0 saturated carbocycles. The molecule has 0 aliphatic rings. The van der Waals surface area contributed by atoms with E-state index < -0.39 is 0 Å². The van der Waals surface area contributed by atoms with Crippen LogP contribution in [-0.2, 0) is 6.42 Å². The zero-order valence-corrected chi connectivity index (χ0v) is 10.4. The van der Waals surface area contributed by atoms with E-state index in [2.05, 4.69) is 20.9 Å². The second kappa shape index (κ2) is 5.19. The molecule has 0 N–H and O–H groups in total. The Balaban J connectivity index is 2.17. The molecule has 17 heavy (non-hydrogen) atoms. The first-order chi connectivity index (χ1) is 8.15. The molecule has 0 radical (unpaired) electrons. The topological polar surface area (TPSA) is 30.0 Å². The van der Waals surface area contributed by atoms with Crippen molar-refractivity contribution in [3.05, 3.63) is 64.1 Å². The van der Waals surface area contributed by atoms with Crippen LogP contribution in [-0.4, -0.2) is 10.8 Å². The third kappa shape index (κ3) is 3.20. The van der Waals surface area contributed by atoms with E-state index in [-0.39, 0.29) is 18.0 Å². The van der Waals surface area contributed by atoms with E-state index in [9.17, 15) is 9.18 Å². The highest BCUT2D eigenvalue weighted by molar-refractivity contribution is 9.10. The number of benzene rings is 1. The summed E-state index contributed by atoms with van der Waals surface area (Å²) < 4.78 is 13.7. The SMILES string of the molecule is O=C(Cc1cccc(F)c1)c1cncc(Br)c1. The van der Waals surface area contributed by atoms with Gasteiger partial charge in [-0.15, -0.1) is 0 Å². The highest BCUT2D eigenvalue weighted by Gasteiger charge is 2.08. The molecule has 0 bridgehead atoms. The van der Waals surface area contributed by atoms with Crippen molar-refractivity contribution in [2.24, 2.45) is 0 Å². The van der Waals surface area contributed by atoms with Gasteiger partial charge in [-0.05, 0) is 39.7 Å². The van der Waals surface area contributed by atoms with Gasteiger partial charge in [0.15, 0.2) is 5.78 Å². The quantitative estimate of drug-likeness (QED) is 0.812. The number of ketones is 1. The lowest BCUT2D eigenvalue weighted by atomic mass is 10.0. The fourth-order valence-electron chi connectivity index (χ4n) is 1.50. The fourth-order valence-corrected chi connectivity index (χ4v) is 1.86. The Labute approximate surface area is 107 Å². The van der Waals surface area contributed by atoms with Gasteiger partial charge in [-0.3, -0.25) is 9.78 Å². The van der Waals surface area contributed by atoms with Gasteiger partial charge < -0.3 is 0 Å². The van der Waals surface area contributed by atoms with Gasteiger partial charge in [0.2, 0.25) is 0 Å². The zero-order chi connectivity index (χ0) is 12.3. The van der Waals surface area contributed by atoms with Crippen molar-refractivity contribution in [2.45, 2.75) is 6.42 Å². The second-order valence-corrected chi connectivity index (χ2v) is 4.54. The van der Waals surface area contributed by atoms with Crippen molar-refractivity contribution in [1.82, 2.24) is 4.98 Å². The molecule has 0 saturated heterocycles. The molecule has 2 aromatic rings. The predicted octanol–water partition coefficient (Wildman–Crippen LogP) is 3.41. The van der Waals surface area contributed by atoms with Gasteiger partial charge in [0.1, 0.15) is 5.82 Å². The summed E-state index contributed by atoms with van der Waals surface area (Å²) in [6, 6.07) is 7.75. The Morgan fingerprint density at radius 3 is 2.82 bits per heavy atom. The molecule has 1 heterocycles. The molecule has 2 rings (SSSR count). The van der Waals surface area contributed by atoms with Crippen molar-refractivity contribution in [2.75, 3.05) is 0 Å². The van der Waals surface area contributed by atoms with Crippen LogP contribution >= 0.6 is 15.9 Å². The molecule has 0 aliphatic heterocycles. The number of rotatable bonds is 3. The van der Waals surface area contributed by atoms with E-state index in [0.29, 0.717) is 11.1 Å². The molecular weight excluding hydrogens is 285 g/mol. The van der Waals surface area contributed by atoms with Gasteiger partial charge in [0.05, 0.1) is 0 Å². The third-order valence-corrected chi connectivity index (χ3v) is 2.71. The summed E-state index contributed by atoms with van der Waals surface area (Å²) in [4.78, 5) is 15.8. The van der Waals surface area contributed by atoms with E-state index in [1.807, 2.05) is 0 Å². The summed E-state index contributed by atoms with van der Waals surface area (Å²) >= 11 is 3.25. The molecule has 0 spiro atoms. The van der Waals surface area contributed by atoms with Gasteiger partial charge in [0, 0.05) is 28.9 Å². The molecule has 1 aromatic heterocycles. The Morgan fingerprint density at radius 2 is 2.12 bits per heavy atom.